The summed E-state index contributed by atoms with van der Waals surface area (Å²) in [5.74, 6) is 0. The molecule has 0 aromatic heterocycles. The van der Waals surface area contributed by atoms with Crippen LogP contribution in [0.5, 0.6) is 0 Å². The fraction of sp³-hybridized carbons (Fsp3) is 0.486. The maximum Gasteiger partial charge on any atom is 0.503 e. The number of carboxylic acid groups (broad SMARTS) is 2. The fourth-order valence-corrected chi connectivity index (χ4v) is 6.04. The predicted octanol–water partition coefficient (Wildman–Crippen LogP) is 2.47. The van der Waals surface area contributed by atoms with Crippen molar-refractivity contribution in [3.63, 3.8) is 0 Å². The molecule has 0 radical (unpaired) electrons. The van der Waals surface area contributed by atoms with Gasteiger partial charge < -0.3 is 42.1 Å². The molecule has 0 fully saturated rings. The number of hydrogen-bond acceptors (Lipinski definition) is 9. The molecule has 11 nitrogen and oxygen atoms in total. The van der Waals surface area contributed by atoms with Gasteiger partial charge in [0.25, 0.3) is 0 Å². The van der Waals surface area contributed by atoms with E-state index in [1.54, 1.807) is 0 Å². The minimum atomic E-state index is -1.83. The maximum absolute atomic E-state index is 8.56. The number of nitrogens with zero attached hydrogens (tertiary/aromatic N) is 2. The van der Waals surface area contributed by atoms with Crippen molar-refractivity contribution in [2.75, 3.05) is 78.5 Å². The van der Waals surface area contributed by atoms with E-state index in [-0.39, 0.29) is 39.0 Å². The standard InChI is InChI=1S/C36H54N8.CH2O3.2Zn/c1-4-31-22-32(5-1)26-38-11-17-44-19-13-40-28-34-7-2-6-33(23-34)27-39-12-18-43(16-10-37-25-31)20-14-41-29-35-8-3-9-36(24-35)30-42-15-21-44;2-1(3)4;;/h1-9,22-24,37-42H,10-21,25-30H2;(H2,2,3,4);;. The van der Waals surface area contributed by atoms with Crippen LogP contribution in [0.1, 0.15) is 33.4 Å². The molecule has 0 atom stereocenters. The van der Waals surface area contributed by atoms with Crippen molar-refractivity contribution in [1.82, 2.24) is 41.7 Å². The number of benzene rings is 3. The summed E-state index contributed by atoms with van der Waals surface area (Å²) in [4.78, 5) is 13.7. The molecular weight excluding hydrogens is 735 g/mol. The monoisotopic (exact) mass is 788 g/mol. The van der Waals surface area contributed by atoms with E-state index < -0.39 is 6.16 Å². The molecule has 50 heavy (non-hydrogen) atoms. The molecular formula is C37H56N8O3Zn2. The summed E-state index contributed by atoms with van der Waals surface area (Å²) in [7, 11) is 0. The van der Waals surface area contributed by atoms with Crippen LogP contribution in [0, 0.1) is 0 Å². The van der Waals surface area contributed by atoms with Crippen molar-refractivity contribution >= 4 is 6.16 Å². The number of carbonyl (C=O) groups is 1. The molecule has 0 aliphatic carbocycles. The molecule has 8 bridgehead atoms. The molecule has 0 spiro atoms. The first kappa shape index (κ1) is 44.0. The van der Waals surface area contributed by atoms with E-state index in [1.165, 1.54) is 33.4 Å². The summed E-state index contributed by atoms with van der Waals surface area (Å²) in [6.45, 7) is 17.4. The zero-order chi connectivity index (χ0) is 33.7. The van der Waals surface area contributed by atoms with E-state index in [2.05, 4.69) is 114 Å². The van der Waals surface area contributed by atoms with Crippen molar-refractivity contribution in [3.8, 4) is 0 Å². The van der Waals surface area contributed by atoms with Crippen LogP contribution in [0.2, 0.25) is 0 Å². The van der Waals surface area contributed by atoms with Crippen LogP contribution in [-0.4, -0.2) is 105 Å². The zero-order valence-corrected chi connectivity index (χ0v) is 35.7. The van der Waals surface area contributed by atoms with Crippen molar-refractivity contribution < 1.29 is 54.0 Å². The Balaban J connectivity index is 0.00000137. The number of rotatable bonds is 0. The fourth-order valence-electron chi connectivity index (χ4n) is 6.04. The molecule has 6 rings (SSSR count). The van der Waals surface area contributed by atoms with Crippen LogP contribution in [-0.2, 0) is 78.2 Å². The van der Waals surface area contributed by atoms with Crippen LogP contribution in [0.25, 0.3) is 0 Å². The molecule has 13 heteroatoms. The van der Waals surface area contributed by atoms with Gasteiger partial charge in [-0.2, -0.15) is 0 Å². The van der Waals surface area contributed by atoms with E-state index in [1.807, 2.05) is 0 Å². The first-order valence-corrected chi connectivity index (χ1v) is 17.4. The smallest absolute Gasteiger partial charge is 0.450 e. The molecule has 3 aromatic carbocycles. The van der Waals surface area contributed by atoms with Gasteiger partial charge in [-0.15, -0.1) is 0 Å². The van der Waals surface area contributed by atoms with Crippen molar-refractivity contribution in [3.05, 3.63) is 106 Å². The summed E-state index contributed by atoms with van der Waals surface area (Å²) in [6.07, 6.45) is -1.83. The topological polar surface area (TPSA) is 136 Å². The molecule has 3 aliphatic rings. The van der Waals surface area contributed by atoms with Gasteiger partial charge in [0, 0.05) is 157 Å². The summed E-state index contributed by atoms with van der Waals surface area (Å²) >= 11 is 0. The third kappa shape index (κ3) is 18.9. The summed E-state index contributed by atoms with van der Waals surface area (Å²) in [5, 5.41) is 36.2. The van der Waals surface area contributed by atoms with Crippen LogP contribution in [0.4, 0.5) is 4.79 Å². The Labute approximate surface area is 324 Å². The van der Waals surface area contributed by atoms with E-state index in [4.69, 9.17) is 15.0 Å². The Morgan fingerprint density at radius 1 is 0.420 bits per heavy atom. The van der Waals surface area contributed by atoms with Gasteiger partial charge in [0.2, 0.25) is 0 Å². The van der Waals surface area contributed by atoms with Gasteiger partial charge >= 0.3 is 6.16 Å². The molecule has 0 unspecified atom stereocenters. The van der Waals surface area contributed by atoms with Crippen LogP contribution in [0.15, 0.2) is 72.8 Å². The Morgan fingerprint density at radius 2 is 0.600 bits per heavy atom. The largest absolute Gasteiger partial charge is 0.503 e. The minimum Gasteiger partial charge on any atom is -0.450 e. The van der Waals surface area contributed by atoms with Gasteiger partial charge in [0.15, 0.2) is 0 Å². The zero-order valence-electron chi connectivity index (χ0n) is 29.8. The van der Waals surface area contributed by atoms with E-state index in [0.717, 1.165) is 118 Å². The third-order valence-electron chi connectivity index (χ3n) is 8.58. The van der Waals surface area contributed by atoms with Gasteiger partial charge in [0.1, 0.15) is 0 Å². The first-order valence-electron chi connectivity index (χ1n) is 17.4. The first-order chi connectivity index (χ1) is 23.5. The van der Waals surface area contributed by atoms with E-state index in [0.29, 0.717) is 0 Å². The molecule has 0 saturated carbocycles. The second kappa shape index (κ2) is 26.6. The Kier molecular flexibility index (Phi) is 23.4. The van der Waals surface area contributed by atoms with E-state index in [9.17, 15) is 0 Å². The molecule has 3 aromatic rings. The average molecular weight is 792 g/mol. The van der Waals surface area contributed by atoms with E-state index >= 15 is 0 Å². The van der Waals surface area contributed by atoms with Crippen LogP contribution < -0.4 is 31.9 Å². The molecule has 3 heterocycles. The minimum absolute atomic E-state index is 0. The van der Waals surface area contributed by atoms with Crippen molar-refractivity contribution in [2.24, 2.45) is 0 Å². The van der Waals surface area contributed by atoms with Gasteiger partial charge in [-0.1, -0.05) is 72.8 Å². The normalized spacial score (nSPS) is 20.4. The molecule has 0 saturated heterocycles. The molecule has 266 valence electrons. The summed E-state index contributed by atoms with van der Waals surface area (Å²) in [6, 6.07) is 27.0. The summed E-state index contributed by atoms with van der Waals surface area (Å²) < 4.78 is 0. The second-order valence-corrected chi connectivity index (χ2v) is 12.5. The number of fused-ring (bicyclic) bond motifs is 18. The molecule has 0 amide bonds. The average Bonchev–Trinajstić information content (AvgIpc) is 3.08. The van der Waals surface area contributed by atoms with Gasteiger partial charge in [-0.05, 0) is 33.4 Å². The van der Waals surface area contributed by atoms with Gasteiger partial charge in [-0.25, -0.2) is 4.79 Å². The quantitative estimate of drug-likeness (QED) is 0.160. The van der Waals surface area contributed by atoms with Crippen LogP contribution >= 0.6 is 0 Å². The van der Waals surface area contributed by atoms with Gasteiger partial charge in [0.05, 0.1) is 0 Å². The maximum atomic E-state index is 8.56. The third-order valence-corrected chi connectivity index (χ3v) is 8.58. The SMILES string of the molecule is O=C(O)O.[Zn].[Zn].c1cc2cc(c1)CNCCN1CCNCc3cccc(c3)CNCCN(CCNC2)CCNCc2cccc(c2)CNCC1. The van der Waals surface area contributed by atoms with Crippen LogP contribution in [0.3, 0.4) is 0 Å². The van der Waals surface area contributed by atoms with Gasteiger partial charge in [-0.3, -0.25) is 9.80 Å². The Hall–Kier alpha value is -2.14. The second-order valence-electron chi connectivity index (χ2n) is 12.5. The molecule has 8 N–H and O–H groups in total. The number of nitrogens with one attached hydrogen (secondary N) is 6. The molecule has 3 aliphatic heterocycles. The summed E-state index contributed by atoms with van der Waals surface area (Å²) in [5.41, 5.74) is 8.12. The number of hydrogen-bond donors (Lipinski definition) is 8. The Bertz CT molecular complexity index is 1120. The Morgan fingerprint density at radius 3 is 0.780 bits per heavy atom. The predicted molar refractivity (Wildman–Crippen MR) is 193 cm³/mol. The van der Waals surface area contributed by atoms with Crippen molar-refractivity contribution in [2.45, 2.75) is 39.3 Å². The van der Waals surface area contributed by atoms with Crippen molar-refractivity contribution in [1.29, 1.82) is 0 Å².